The van der Waals surface area contributed by atoms with Gasteiger partial charge >= 0.3 is 0 Å². The van der Waals surface area contributed by atoms with Crippen molar-refractivity contribution >= 4 is 33.4 Å². The summed E-state index contributed by atoms with van der Waals surface area (Å²) in [7, 11) is 1.54. The van der Waals surface area contributed by atoms with Crippen LogP contribution in [-0.4, -0.2) is 25.5 Å². The van der Waals surface area contributed by atoms with Gasteiger partial charge in [-0.25, -0.2) is 0 Å². The van der Waals surface area contributed by atoms with Crippen LogP contribution in [0.2, 0.25) is 0 Å². The van der Waals surface area contributed by atoms with Crippen LogP contribution < -0.4 is 15.4 Å². The lowest BCUT2D eigenvalue weighted by molar-refractivity contribution is -0.123. The summed E-state index contributed by atoms with van der Waals surface area (Å²) < 4.78 is 6.12. The van der Waals surface area contributed by atoms with Gasteiger partial charge in [0.25, 0.3) is 0 Å². The molecule has 0 atom stereocenters. The van der Waals surface area contributed by atoms with Gasteiger partial charge in [-0.1, -0.05) is 34.1 Å². The van der Waals surface area contributed by atoms with Crippen LogP contribution in [0.1, 0.15) is 11.1 Å². The van der Waals surface area contributed by atoms with E-state index < -0.39 is 0 Å². The van der Waals surface area contributed by atoms with Gasteiger partial charge in [0.05, 0.1) is 25.8 Å². The summed E-state index contributed by atoms with van der Waals surface area (Å²) in [6.07, 6.45) is 0.223. The molecule has 2 aromatic carbocycles. The number of aryl methyl sites for hydroxylation is 1. The first kappa shape index (κ1) is 18.0. The Bertz CT molecular complexity index is 747. The van der Waals surface area contributed by atoms with Gasteiger partial charge in [-0.2, -0.15) is 0 Å². The van der Waals surface area contributed by atoms with Crippen molar-refractivity contribution in [3.63, 3.8) is 0 Å². The number of halogens is 1. The quantitative estimate of drug-likeness (QED) is 0.796. The summed E-state index contributed by atoms with van der Waals surface area (Å²) in [4.78, 5) is 23.9. The molecule has 2 amide bonds. The molecule has 2 rings (SSSR count). The van der Waals surface area contributed by atoms with Crippen molar-refractivity contribution in [2.24, 2.45) is 0 Å². The molecule has 24 heavy (non-hydrogen) atoms. The molecule has 0 saturated carbocycles. The minimum atomic E-state index is -0.304. The fourth-order valence-corrected chi connectivity index (χ4v) is 2.63. The largest absolute Gasteiger partial charge is 0.495 e. The molecule has 6 heteroatoms. The Morgan fingerprint density at radius 2 is 1.92 bits per heavy atom. The summed E-state index contributed by atoms with van der Waals surface area (Å²) in [6.45, 7) is 1.83. The van der Waals surface area contributed by atoms with Gasteiger partial charge in [-0.15, -0.1) is 0 Å². The lowest BCUT2D eigenvalue weighted by Gasteiger charge is -2.11. The van der Waals surface area contributed by atoms with Crippen LogP contribution in [0.5, 0.6) is 5.75 Å². The smallest absolute Gasteiger partial charge is 0.243 e. The molecular weight excluding hydrogens is 372 g/mol. The van der Waals surface area contributed by atoms with Crippen LogP contribution in [0.15, 0.2) is 46.9 Å². The molecule has 5 nitrogen and oxygen atoms in total. The predicted octanol–water partition coefficient (Wildman–Crippen LogP) is 3.06. The van der Waals surface area contributed by atoms with Gasteiger partial charge in [0.2, 0.25) is 11.8 Å². The average molecular weight is 391 g/mol. The fraction of sp³-hybridized carbons (Fsp3) is 0.222. The van der Waals surface area contributed by atoms with Crippen molar-refractivity contribution in [1.82, 2.24) is 5.32 Å². The lowest BCUT2D eigenvalue weighted by Crippen LogP contribution is -2.33. The number of benzene rings is 2. The minimum Gasteiger partial charge on any atom is -0.495 e. The summed E-state index contributed by atoms with van der Waals surface area (Å²) in [5.74, 6) is 0.0651. The molecule has 0 saturated heterocycles. The predicted molar refractivity (Wildman–Crippen MR) is 97.2 cm³/mol. The van der Waals surface area contributed by atoms with Crippen LogP contribution in [0.4, 0.5) is 5.69 Å². The summed E-state index contributed by atoms with van der Waals surface area (Å²) in [5.41, 5.74) is 2.47. The molecule has 0 aliphatic heterocycles. The fourth-order valence-electron chi connectivity index (χ4n) is 2.19. The number of ether oxygens (including phenoxy) is 1. The van der Waals surface area contributed by atoms with Crippen molar-refractivity contribution in [2.45, 2.75) is 13.3 Å². The maximum Gasteiger partial charge on any atom is 0.243 e. The molecule has 126 valence electrons. The zero-order valence-electron chi connectivity index (χ0n) is 13.6. The van der Waals surface area contributed by atoms with Gasteiger partial charge in [0.15, 0.2) is 0 Å². The Labute approximate surface area is 149 Å². The minimum absolute atomic E-state index is 0.0933. The molecule has 0 fully saturated rings. The molecule has 0 heterocycles. The SMILES string of the molecule is COc1ccc(C)cc1NC(=O)CNC(=O)Cc1cccc(Br)c1. The summed E-state index contributed by atoms with van der Waals surface area (Å²) in [5, 5.41) is 5.36. The molecule has 0 spiro atoms. The van der Waals surface area contributed by atoms with Gasteiger partial charge in [0, 0.05) is 4.47 Å². The van der Waals surface area contributed by atoms with Crippen LogP contribution in [0.25, 0.3) is 0 Å². The number of hydrogen-bond acceptors (Lipinski definition) is 3. The third-order valence-electron chi connectivity index (χ3n) is 3.33. The molecule has 0 radical (unpaired) electrons. The Hall–Kier alpha value is -2.34. The van der Waals surface area contributed by atoms with Crippen LogP contribution >= 0.6 is 15.9 Å². The number of methoxy groups -OCH3 is 1. The van der Waals surface area contributed by atoms with Gasteiger partial charge in [-0.3, -0.25) is 9.59 Å². The Kier molecular flexibility index (Phi) is 6.37. The number of hydrogen-bond donors (Lipinski definition) is 2. The Morgan fingerprint density at radius 3 is 2.62 bits per heavy atom. The first-order valence-corrected chi connectivity index (χ1v) is 8.23. The first-order chi connectivity index (χ1) is 11.5. The van der Waals surface area contributed by atoms with Gasteiger partial charge < -0.3 is 15.4 Å². The highest BCUT2D eigenvalue weighted by molar-refractivity contribution is 9.10. The van der Waals surface area contributed by atoms with Crippen LogP contribution in [-0.2, 0) is 16.0 Å². The van der Waals surface area contributed by atoms with E-state index >= 15 is 0 Å². The molecular formula is C18H19BrN2O3. The van der Waals surface area contributed by atoms with Gasteiger partial charge in [-0.05, 0) is 42.3 Å². The van der Waals surface area contributed by atoms with Crippen molar-refractivity contribution in [3.8, 4) is 5.75 Å². The topological polar surface area (TPSA) is 67.4 Å². The van der Waals surface area contributed by atoms with E-state index in [0.29, 0.717) is 11.4 Å². The first-order valence-electron chi connectivity index (χ1n) is 7.43. The molecule has 0 aromatic heterocycles. The second-order valence-electron chi connectivity index (χ2n) is 5.34. The standard InChI is InChI=1S/C18H19BrN2O3/c1-12-6-7-16(24-2)15(8-12)21-18(23)11-20-17(22)10-13-4-3-5-14(19)9-13/h3-9H,10-11H2,1-2H3,(H,20,22)(H,21,23). The average Bonchev–Trinajstić information content (AvgIpc) is 2.53. The molecule has 2 N–H and O–H groups in total. The van der Waals surface area contributed by atoms with E-state index in [2.05, 4.69) is 26.6 Å². The maximum atomic E-state index is 12.0. The van der Waals surface area contributed by atoms with Gasteiger partial charge in [0.1, 0.15) is 5.75 Å². The van der Waals surface area contributed by atoms with E-state index in [0.717, 1.165) is 15.6 Å². The Balaban J connectivity index is 1.87. The maximum absolute atomic E-state index is 12.0. The van der Waals surface area contributed by atoms with Crippen molar-refractivity contribution < 1.29 is 14.3 Å². The van der Waals surface area contributed by atoms with E-state index in [-0.39, 0.29) is 24.8 Å². The molecule has 0 bridgehead atoms. The highest BCUT2D eigenvalue weighted by atomic mass is 79.9. The number of nitrogens with one attached hydrogen (secondary N) is 2. The number of amides is 2. The van der Waals surface area contributed by atoms with Crippen LogP contribution in [0.3, 0.4) is 0 Å². The van der Waals surface area contributed by atoms with E-state index in [4.69, 9.17) is 4.74 Å². The van der Waals surface area contributed by atoms with Crippen molar-refractivity contribution in [1.29, 1.82) is 0 Å². The third-order valence-corrected chi connectivity index (χ3v) is 3.82. The summed E-state index contributed by atoms with van der Waals surface area (Å²) in [6, 6.07) is 13.0. The highest BCUT2D eigenvalue weighted by Gasteiger charge is 2.10. The van der Waals surface area contributed by atoms with Crippen molar-refractivity contribution in [2.75, 3.05) is 19.0 Å². The van der Waals surface area contributed by atoms with E-state index in [9.17, 15) is 9.59 Å². The normalized spacial score (nSPS) is 10.1. The monoisotopic (exact) mass is 390 g/mol. The van der Waals surface area contributed by atoms with Crippen molar-refractivity contribution in [3.05, 3.63) is 58.1 Å². The molecule has 2 aromatic rings. The van der Waals surface area contributed by atoms with E-state index in [1.54, 1.807) is 13.2 Å². The molecule has 0 aliphatic rings. The zero-order valence-corrected chi connectivity index (χ0v) is 15.1. The lowest BCUT2D eigenvalue weighted by atomic mass is 10.1. The Morgan fingerprint density at radius 1 is 1.12 bits per heavy atom. The number of carbonyl (C=O) groups is 2. The second kappa shape index (κ2) is 8.49. The molecule has 0 unspecified atom stereocenters. The van der Waals surface area contributed by atoms with E-state index in [1.807, 2.05) is 43.3 Å². The number of rotatable bonds is 6. The molecule has 0 aliphatic carbocycles. The zero-order chi connectivity index (χ0) is 17.5. The second-order valence-corrected chi connectivity index (χ2v) is 6.25. The van der Waals surface area contributed by atoms with E-state index in [1.165, 1.54) is 0 Å². The third kappa shape index (κ3) is 5.38. The number of anilines is 1. The number of carbonyl (C=O) groups excluding carboxylic acids is 2. The highest BCUT2D eigenvalue weighted by Crippen LogP contribution is 2.24. The summed E-state index contributed by atoms with van der Waals surface area (Å²) >= 11 is 3.36. The van der Waals surface area contributed by atoms with Crippen LogP contribution in [0, 0.1) is 6.92 Å².